The summed E-state index contributed by atoms with van der Waals surface area (Å²) in [6.45, 7) is 5.82. The van der Waals surface area contributed by atoms with Crippen LogP contribution in [0, 0.1) is 5.92 Å². The van der Waals surface area contributed by atoms with Crippen LogP contribution in [0.3, 0.4) is 0 Å². The molecule has 86 valence electrons. The lowest BCUT2D eigenvalue weighted by molar-refractivity contribution is -0.132. The lowest BCUT2D eigenvalue weighted by Gasteiger charge is -2.33. The molecule has 2 N–H and O–H groups in total. The molecule has 1 saturated heterocycles. The Bertz CT molecular complexity index is 263. The van der Waals surface area contributed by atoms with Gasteiger partial charge >= 0.3 is 5.97 Å². The molecule has 2 unspecified atom stereocenters. The highest BCUT2D eigenvalue weighted by Gasteiger charge is 2.23. The molecule has 1 heterocycles. The molecule has 15 heavy (non-hydrogen) atoms. The first kappa shape index (κ1) is 12.2. The van der Waals surface area contributed by atoms with Crippen LogP contribution in [0.25, 0.3) is 0 Å². The van der Waals surface area contributed by atoms with Crippen molar-refractivity contribution in [3.05, 3.63) is 11.6 Å². The average Bonchev–Trinajstić information content (AvgIpc) is 2.19. The summed E-state index contributed by atoms with van der Waals surface area (Å²) in [5, 5.41) is 18.3. The summed E-state index contributed by atoms with van der Waals surface area (Å²) in [4.78, 5) is 12.6. The number of β-amino-alcohol motifs (C(OH)–C–C–N with tert-alkyl or cyclic N) is 1. The minimum absolute atomic E-state index is 0.280. The Labute approximate surface area is 90.2 Å². The van der Waals surface area contributed by atoms with Crippen LogP contribution < -0.4 is 0 Å². The van der Waals surface area contributed by atoms with Crippen molar-refractivity contribution in [1.82, 2.24) is 4.90 Å². The summed E-state index contributed by atoms with van der Waals surface area (Å²) >= 11 is 0. The van der Waals surface area contributed by atoms with Gasteiger partial charge in [-0.25, -0.2) is 4.79 Å². The van der Waals surface area contributed by atoms with Crippen molar-refractivity contribution in [2.45, 2.75) is 26.4 Å². The van der Waals surface area contributed by atoms with Gasteiger partial charge in [-0.05, 0) is 25.8 Å². The molecule has 0 amide bonds. The summed E-state index contributed by atoms with van der Waals surface area (Å²) in [6, 6.07) is 0. The van der Waals surface area contributed by atoms with Gasteiger partial charge in [0.25, 0.3) is 0 Å². The zero-order valence-corrected chi connectivity index (χ0v) is 9.31. The highest BCUT2D eigenvalue weighted by atomic mass is 16.4. The molecule has 0 radical (unpaired) electrons. The molecule has 1 rings (SSSR count). The molecule has 1 fully saturated rings. The minimum atomic E-state index is -0.874. The first-order chi connectivity index (χ1) is 7.00. The van der Waals surface area contributed by atoms with Gasteiger partial charge in [-0.3, -0.25) is 4.90 Å². The largest absolute Gasteiger partial charge is 0.478 e. The van der Waals surface area contributed by atoms with Gasteiger partial charge < -0.3 is 10.2 Å². The third kappa shape index (κ3) is 3.64. The Morgan fingerprint density at radius 2 is 2.27 bits per heavy atom. The number of aliphatic hydroxyl groups excluding tert-OH is 1. The molecule has 0 saturated carbocycles. The Balaban J connectivity index is 2.41. The lowest BCUT2D eigenvalue weighted by atomic mass is 9.96. The molecule has 0 spiro atoms. The molecule has 4 heteroatoms. The van der Waals surface area contributed by atoms with Crippen LogP contribution >= 0.6 is 0 Å². The second-order valence-electron chi connectivity index (χ2n) is 4.29. The van der Waals surface area contributed by atoms with Crippen molar-refractivity contribution in [3.8, 4) is 0 Å². The van der Waals surface area contributed by atoms with Crippen LogP contribution in [0.2, 0.25) is 0 Å². The summed E-state index contributed by atoms with van der Waals surface area (Å²) < 4.78 is 0. The highest BCUT2D eigenvalue weighted by molar-refractivity contribution is 5.85. The van der Waals surface area contributed by atoms with E-state index in [-0.39, 0.29) is 6.10 Å². The normalized spacial score (nSPS) is 29.1. The van der Waals surface area contributed by atoms with Crippen molar-refractivity contribution in [3.63, 3.8) is 0 Å². The van der Waals surface area contributed by atoms with Crippen molar-refractivity contribution >= 4 is 5.97 Å². The average molecular weight is 213 g/mol. The summed E-state index contributed by atoms with van der Waals surface area (Å²) in [6.07, 6.45) is 2.39. The molecular weight excluding hydrogens is 194 g/mol. The second-order valence-corrected chi connectivity index (χ2v) is 4.29. The Morgan fingerprint density at radius 3 is 2.80 bits per heavy atom. The number of piperidine rings is 1. The molecule has 0 aliphatic carbocycles. The van der Waals surface area contributed by atoms with E-state index in [9.17, 15) is 9.90 Å². The number of rotatable bonds is 3. The Morgan fingerprint density at radius 1 is 1.60 bits per heavy atom. The molecule has 0 aromatic rings. The maximum Gasteiger partial charge on any atom is 0.330 e. The van der Waals surface area contributed by atoms with Crippen molar-refractivity contribution in [2.24, 2.45) is 5.92 Å². The Kier molecular flexibility index (Phi) is 4.29. The lowest BCUT2D eigenvalue weighted by Crippen LogP contribution is -2.42. The third-order valence-electron chi connectivity index (χ3n) is 3.00. The smallest absolute Gasteiger partial charge is 0.330 e. The van der Waals surface area contributed by atoms with Gasteiger partial charge in [-0.15, -0.1) is 0 Å². The quantitative estimate of drug-likeness (QED) is 0.678. The molecule has 0 bridgehead atoms. The van der Waals surface area contributed by atoms with E-state index in [1.165, 1.54) is 0 Å². The fourth-order valence-electron chi connectivity index (χ4n) is 1.63. The fourth-order valence-corrected chi connectivity index (χ4v) is 1.63. The minimum Gasteiger partial charge on any atom is -0.478 e. The van der Waals surface area contributed by atoms with Crippen LogP contribution in [0.1, 0.15) is 20.3 Å². The molecular formula is C11H19NO3. The second kappa shape index (κ2) is 5.28. The van der Waals surface area contributed by atoms with Crippen LogP contribution in [0.5, 0.6) is 0 Å². The maximum atomic E-state index is 10.6. The number of aliphatic carboxylic acids is 1. The van der Waals surface area contributed by atoms with E-state index >= 15 is 0 Å². The topological polar surface area (TPSA) is 60.8 Å². The predicted octanol–water partition coefficient (Wildman–Crippen LogP) is 0.720. The SMILES string of the molecule is C/C(=C/CN1CCC(C)C(O)C1)C(=O)O. The van der Waals surface area contributed by atoms with Gasteiger partial charge in [0.1, 0.15) is 0 Å². The Hall–Kier alpha value is -0.870. The van der Waals surface area contributed by atoms with E-state index in [0.717, 1.165) is 13.0 Å². The summed E-state index contributed by atoms with van der Waals surface area (Å²) in [7, 11) is 0. The number of carbonyl (C=O) groups is 1. The van der Waals surface area contributed by atoms with Gasteiger partial charge in [0.2, 0.25) is 0 Å². The van der Waals surface area contributed by atoms with E-state index in [0.29, 0.717) is 24.6 Å². The monoisotopic (exact) mass is 213 g/mol. The van der Waals surface area contributed by atoms with Gasteiger partial charge in [-0.2, -0.15) is 0 Å². The van der Waals surface area contributed by atoms with E-state index < -0.39 is 5.97 Å². The number of hydrogen-bond acceptors (Lipinski definition) is 3. The van der Waals surface area contributed by atoms with Crippen LogP contribution in [-0.2, 0) is 4.79 Å². The van der Waals surface area contributed by atoms with E-state index in [4.69, 9.17) is 5.11 Å². The first-order valence-corrected chi connectivity index (χ1v) is 5.31. The summed E-state index contributed by atoms with van der Waals surface area (Å²) in [5.41, 5.74) is 0.364. The zero-order chi connectivity index (χ0) is 11.4. The molecule has 0 aromatic heterocycles. The molecule has 1 aliphatic rings. The number of hydrogen-bond donors (Lipinski definition) is 2. The van der Waals surface area contributed by atoms with Gasteiger partial charge in [0.05, 0.1) is 6.10 Å². The van der Waals surface area contributed by atoms with Crippen molar-refractivity contribution in [1.29, 1.82) is 0 Å². The van der Waals surface area contributed by atoms with Crippen LogP contribution in [-0.4, -0.2) is 46.8 Å². The van der Waals surface area contributed by atoms with E-state index in [1.54, 1.807) is 13.0 Å². The van der Waals surface area contributed by atoms with E-state index in [1.807, 2.05) is 6.92 Å². The molecule has 0 aromatic carbocycles. The zero-order valence-electron chi connectivity index (χ0n) is 9.31. The number of aliphatic hydroxyl groups is 1. The number of likely N-dealkylation sites (tertiary alicyclic amines) is 1. The highest BCUT2D eigenvalue weighted by Crippen LogP contribution is 2.16. The number of nitrogens with zero attached hydrogens (tertiary/aromatic N) is 1. The summed E-state index contributed by atoms with van der Waals surface area (Å²) in [5.74, 6) is -0.522. The van der Waals surface area contributed by atoms with E-state index in [2.05, 4.69) is 4.90 Å². The van der Waals surface area contributed by atoms with Crippen LogP contribution in [0.15, 0.2) is 11.6 Å². The van der Waals surface area contributed by atoms with Gasteiger partial charge in [0, 0.05) is 18.7 Å². The van der Waals surface area contributed by atoms with Crippen molar-refractivity contribution in [2.75, 3.05) is 19.6 Å². The number of carboxylic acid groups (broad SMARTS) is 1. The standard InChI is InChI=1S/C11H19NO3/c1-8-3-5-12(7-10(8)13)6-4-9(2)11(14)15/h4,8,10,13H,3,5-7H2,1-2H3,(H,14,15)/b9-4-. The number of carboxylic acids is 1. The first-order valence-electron chi connectivity index (χ1n) is 5.31. The maximum absolute atomic E-state index is 10.6. The van der Waals surface area contributed by atoms with Gasteiger partial charge in [-0.1, -0.05) is 13.0 Å². The molecule has 1 aliphatic heterocycles. The van der Waals surface area contributed by atoms with Gasteiger partial charge in [0.15, 0.2) is 0 Å². The third-order valence-corrected chi connectivity index (χ3v) is 3.00. The van der Waals surface area contributed by atoms with Crippen LogP contribution in [0.4, 0.5) is 0 Å². The molecule has 4 nitrogen and oxygen atoms in total. The predicted molar refractivity (Wildman–Crippen MR) is 57.6 cm³/mol. The molecule has 2 atom stereocenters. The van der Waals surface area contributed by atoms with Crippen molar-refractivity contribution < 1.29 is 15.0 Å². The fraction of sp³-hybridized carbons (Fsp3) is 0.727.